The number of H-pyrrole nitrogens is 1. The molecule has 0 amide bonds. The Kier molecular flexibility index (Phi) is 3.20. The molecule has 5 nitrogen and oxygen atoms in total. The molecule has 0 atom stereocenters. The van der Waals surface area contributed by atoms with Crippen LogP contribution in [-0.4, -0.2) is 15.2 Å². The van der Waals surface area contributed by atoms with Crippen LogP contribution in [0.1, 0.15) is 38.0 Å². The first-order valence-corrected chi connectivity index (χ1v) is 7.93. The van der Waals surface area contributed by atoms with Gasteiger partial charge >= 0.3 is 0 Å². The highest BCUT2D eigenvalue weighted by Crippen LogP contribution is 2.35. The highest BCUT2D eigenvalue weighted by Gasteiger charge is 2.35. The van der Waals surface area contributed by atoms with Gasteiger partial charge in [0.15, 0.2) is 0 Å². The van der Waals surface area contributed by atoms with Gasteiger partial charge in [-0.05, 0) is 37.1 Å². The number of nitrogens with two attached hydrogens (primary N) is 1. The lowest BCUT2D eigenvalue weighted by atomic mass is 9.82. The first kappa shape index (κ1) is 13.8. The van der Waals surface area contributed by atoms with Gasteiger partial charge in [-0.2, -0.15) is 0 Å². The van der Waals surface area contributed by atoms with Crippen molar-refractivity contribution in [1.29, 1.82) is 0 Å². The van der Waals surface area contributed by atoms with E-state index in [0.717, 1.165) is 42.3 Å². The fraction of sp³-hybridized carbons (Fsp3) is 0.375. The monoisotopic (exact) mass is 316 g/mol. The van der Waals surface area contributed by atoms with E-state index in [-0.39, 0.29) is 0 Å². The van der Waals surface area contributed by atoms with Crippen molar-refractivity contribution in [2.75, 3.05) is 0 Å². The number of aromatic amines is 1. The predicted molar refractivity (Wildman–Crippen MR) is 85.6 cm³/mol. The van der Waals surface area contributed by atoms with E-state index in [9.17, 15) is 0 Å². The zero-order valence-electron chi connectivity index (χ0n) is 12.1. The number of fused-ring (bicyclic) bond motifs is 1. The van der Waals surface area contributed by atoms with Crippen LogP contribution in [0, 0.1) is 0 Å². The number of hydrogen-bond donors (Lipinski definition) is 2. The number of benzene rings is 1. The molecule has 1 fully saturated rings. The lowest BCUT2D eigenvalue weighted by Gasteiger charge is -2.29. The Labute approximate surface area is 132 Å². The summed E-state index contributed by atoms with van der Waals surface area (Å²) in [5.74, 6) is 1.01. The average molecular weight is 317 g/mol. The molecule has 1 aromatic carbocycles. The molecule has 3 N–H and O–H groups in total. The molecule has 0 unspecified atom stereocenters. The maximum absolute atomic E-state index is 6.44. The summed E-state index contributed by atoms with van der Waals surface area (Å²) < 4.78 is 5.86. The minimum absolute atomic E-state index is 0.470. The highest BCUT2D eigenvalue weighted by molar-refractivity contribution is 6.31. The van der Waals surface area contributed by atoms with Crippen LogP contribution in [0.25, 0.3) is 22.5 Å². The van der Waals surface area contributed by atoms with Gasteiger partial charge in [-0.3, -0.25) is 0 Å². The molecule has 0 bridgehead atoms. The van der Waals surface area contributed by atoms with Gasteiger partial charge in [0, 0.05) is 15.9 Å². The van der Waals surface area contributed by atoms with Crippen LogP contribution in [0.5, 0.6) is 0 Å². The van der Waals surface area contributed by atoms with Crippen LogP contribution in [0.15, 0.2) is 28.7 Å². The van der Waals surface area contributed by atoms with Crippen LogP contribution in [0.2, 0.25) is 5.02 Å². The van der Waals surface area contributed by atoms with Crippen LogP contribution < -0.4 is 5.73 Å². The number of nitrogens with one attached hydrogen (secondary N) is 1. The first-order chi connectivity index (χ1) is 10.6. The molecule has 1 aliphatic rings. The van der Waals surface area contributed by atoms with Gasteiger partial charge in [0.05, 0.1) is 5.54 Å². The Morgan fingerprint density at radius 2 is 1.95 bits per heavy atom. The zero-order valence-corrected chi connectivity index (χ0v) is 12.9. The molecular formula is C16H17ClN4O. The Morgan fingerprint density at radius 3 is 2.77 bits per heavy atom. The minimum atomic E-state index is -0.473. The van der Waals surface area contributed by atoms with Gasteiger partial charge in [-0.1, -0.05) is 30.9 Å². The first-order valence-electron chi connectivity index (χ1n) is 7.56. The summed E-state index contributed by atoms with van der Waals surface area (Å²) in [5.41, 5.74) is 7.74. The Bertz CT molecular complexity index is 817. The van der Waals surface area contributed by atoms with Crippen molar-refractivity contribution in [3.05, 3.63) is 35.2 Å². The summed E-state index contributed by atoms with van der Waals surface area (Å²) in [6, 6.07) is 7.65. The number of hydrogen-bond acceptors (Lipinski definition) is 4. The van der Waals surface area contributed by atoms with E-state index in [1.54, 1.807) is 0 Å². The molecule has 114 valence electrons. The predicted octanol–water partition coefficient (Wildman–Crippen LogP) is 3.99. The van der Waals surface area contributed by atoms with Gasteiger partial charge in [0.25, 0.3) is 5.89 Å². The molecule has 22 heavy (non-hydrogen) atoms. The summed E-state index contributed by atoms with van der Waals surface area (Å²) >= 11 is 6.02. The van der Waals surface area contributed by atoms with Crippen molar-refractivity contribution >= 4 is 22.5 Å². The molecule has 1 saturated carbocycles. The summed E-state index contributed by atoms with van der Waals surface area (Å²) in [6.45, 7) is 0. The normalized spacial score (nSPS) is 17.9. The quantitative estimate of drug-likeness (QED) is 0.749. The summed E-state index contributed by atoms with van der Waals surface area (Å²) in [6.07, 6.45) is 5.24. The molecule has 1 aliphatic carbocycles. The van der Waals surface area contributed by atoms with E-state index in [2.05, 4.69) is 15.2 Å². The molecule has 2 aromatic heterocycles. The maximum atomic E-state index is 6.44. The molecular weight excluding hydrogens is 300 g/mol. The molecule has 4 rings (SSSR count). The Hall–Kier alpha value is -1.85. The number of rotatable bonds is 2. The Morgan fingerprint density at radius 1 is 1.14 bits per heavy atom. The van der Waals surface area contributed by atoms with Crippen LogP contribution in [0.4, 0.5) is 0 Å². The molecule has 3 aromatic rings. The molecule has 0 spiro atoms. The van der Waals surface area contributed by atoms with E-state index in [1.165, 1.54) is 6.42 Å². The summed E-state index contributed by atoms with van der Waals surface area (Å²) in [5, 5.41) is 10.1. The third kappa shape index (κ3) is 2.30. The second-order valence-electron chi connectivity index (χ2n) is 6.04. The smallest absolute Gasteiger partial charge is 0.264 e. The van der Waals surface area contributed by atoms with Crippen molar-refractivity contribution < 1.29 is 4.42 Å². The van der Waals surface area contributed by atoms with Crippen LogP contribution in [-0.2, 0) is 5.54 Å². The van der Waals surface area contributed by atoms with Gasteiger partial charge in [0.2, 0.25) is 5.89 Å². The summed E-state index contributed by atoms with van der Waals surface area (Å²) in [4.78, 5) is 3.27. The average Bonchev–Trinajstić information content (AvgIpc) is 3.14. The minimum Gasteiger partial charge on any atom is -0.417 e. The van der Waals surface area contributed by atoms with Crippen molar-refractivity contribution in [1.82, 2.24) is 15.2 Å². The molecule has 0 aliphatic heterocycles. The van der Waals surface area contributed by atoms with E-state index in [1.807, 2.05) is 24.3 Å². The van der Waals surface area contributed by atoms with Crippen molar-refractivity contribution in [2.45, 2.75) is 37.6 Å². The van der Waals surface area contributed by atoms with Crippen molar-refractivity contribution in [3.8, 4) is 11.6 Å². The van der Waals surface area contributed by atoms with Gasteiger partial charge in [-0.25, -0.2) is 0 Å². The maximum Gasteiger partial charge on any atom is 0.264 e. The summed E-state index contributed by atoms with van der Waals surface area (Å²) in [7, 11) is 0. The number of halogens is 1. The highest BCUT2D eigenvalue weighted by atomic mass is 35.5. The fourth-order valence-electron chi connectivity index (χ4n) is 3.15. The topological polar surface area (TPSA) is 80.7 Å². The fourth-order valence-corrected chi connectivity index (χ4v) is 3.33. The van der Waals surface area contributed by atoms with E-state index in [0.29, 0.717) is 16.8 Å². The van der Waals surface area contributed by atoms with E-state index < -0.39 is 5.54 Å². The zero-order chi connectivity index (χ0) is 15.2. The standard InChI is InChI=1S/C16H17ClN4O/c17-11-4-5-12-10(8-11)9-13(19-12)14-20-21-15(22-14)16(18)6-2-1-3-7-16/h4-5,8-9,19H,1-3,6-7,18H2. The third-order valence-corrected chi connectivity index (χ3v) is 4.65. The van der Waals surface area contributed by atoms with Crippen LogP contribution >= 0.6 is 11.6 Å². The van der Waals surface area contributed by atoms with Crippen molar-refractivity contribution in [3.63, 3.8) is 0 Å². The molecule has 0 saturated heterocycles. The SMILES string of the molecule is NC1(c2nnc(-c3cc4cc(Cl)ccc4[nH]3)o2)CCCCC1. The van der Waals surface area contributed by atoms with E-state index >= 15 is 0 Å². The second-order valence-corrected chi connectivity index (χ2v) is 6.48. The Balaban J connectivity index is 1.70. The van der Waals surface area contributed by atoms with Gasteiger partial charge < -0.3 is 15.1 Å². The van der Waals surface area contributed by atoms with E-state index in [4.69, 9.17) is 21.8 Å². The van der Waals surface area contributed by atoms with Gasteiger partial charge in [-0.15, -0.1) is 10.2 Å². The lowest BCUT2D eigenvalue weighted by molar-refractivity contribution is 0.244. The lowest BCUT2D eigenvalue weighted by Crippen LogP contribution is -2.38. The van der Waals surface area contributed by atoms with Crippen molar-refractivity contribution in [2.24, 2.45) is 5.73 Å². The molecule has 0 radical (unpaired) electrons. The number of aromatic nitrogens is 3. The van der Waals surface area contributed by atoms with Crippen LogP contribution in [0.3, 0.4) is 0 Å². The molecule has 6 heteroatoms. The molecule has 2 heterocycles. The largest absolute Gasteiger partial charge is 0.417 e. The number of nitrogens with zero attached hydrogens (tertiary/aromatic N) is 2. The second kappa shape index (κ2) is 5.11. The van der Waals surface area contributed by atoms with Gasteiger partial charge in [0.1, 0.15) is 5.69 Å². The third-order valence-electron chi connectivity index (χ3n) is 4.41.